The first-order valence-corrected chi connectivity index (χ1v) is 5.80. The van der Waals surface area contributed by atoms with Crippen LogP contribution in [-0.4, -0.2) is 41.3 Å². The first-order chi connectivity index (χ1) is 8.56. The minimum absolute atomic E-state index is 0.0560. The molecule has 2 rings (SSSR count). The number of carbonyl (C=O) groups is 2. The maximum absolute atomic E-state index is 11.9. The van der Waals surface area contributed by atoms with E-state index in [2.05, 4.69) is 10.3 Å². The van der Waals surface area contributed by atoms with Crippen LogP contribution in [0.1, 0.15) is 23.2 Å². The summed E-state index contributed by atoms with van der Waals surface area (Å²) in [5.41, 5.74) is 0.0249. The van der Waals surface area contributed by atoms with E-state index in [0.29, 0.717) is 24.9 Å². The van der Waals surface area contributed by atoms with Gasteiger partial charge >= 0.3 is 0 Å². The van der Waals surface area contributed by atoms with E-state index in [1.807, 2.05) is 0 Å². The van der Waals surface area contributed by atoms with Gasteiger partial charge in [0.15, 0.2) is 0 Å². The topological polar surface area (TPSA) is 82.3 Å². The molecular formula is C12H15N3O3. The molecule has 18 heavy (non-hydrogen) atoms. The SMILES string of the molecule is CN1CC(NC(=O)c2cc[nH]c(=O)c2)CCC1=O. The molecular weight excluding hydrogens is 234 g/mol. The maximum Gasteiger partial charge on any atom is 0.251 e. The van der Waals surface area contributed by atoms with E-state index < -0.39 is 0 Å². The van der Waals surface area contributed by atoms with Gasteiger partial charge < -0.3 is 15.2 Å². The average molecular weight is 249 g/mol. The Bertz CT molecular complexity index is 523. The molecule has 1 aliphatic heterocycles. The molecule has 1 aromatic rings. The molecule has 2 amide bonds. The predicted octanol–water partition coefficient (Wildman–Crippen LogP) is -0.275. The van der Waals surface area contributed by atoms with Gasteiger partial charge in [0.1, 0.15) is 0 Å². The first kappa shape index (κ1) is 12.3. The molecule has 0 bridgehead atoms. The van der Waals surface area contributed by atoms with Crippen molar-refractivity contribution in [2.24, 2.45) is 0 Å². The molecule has 0 radical (unpaired) electrons. The molecule has 0 saturated carbocycles. The molecule has 1 saturated heterocycles. The second kappa shape index (κ2) is 5.03. The molecule has 0 spiro atoms. The third-order valence-electron chi connectivity index (χ3n) is 3.00. The molecule has 1 aliphatic rings. The normalized spacial score (nSPS) is 19.7. The second-order valence-corrected chi connectivity index (χ2v) is 4.42. The van der Waals surface area contributed by atoms with E-state index in [1.165, 1.54) is 12.3 Å². The quantitative estimate of drug-likeness (QED) is 0.756. The molecule has 6 nitrogen and oxygen atoms in total. The lowest BCUT2D eigenvalue weighted by molar-refractivity contribution is -0.132. The fourth-order valence-corrected chi connectivity index (χ4v) is 1.98. The van der Waals surface area contributed by atoms with Gasteiger partial charge in [-0.1, -0.05) is 0 Å². The van der Waals surface area contributed by atoms with Crippen LogP contribution in [0.2, 0.25) is 0 Å². The van der Waals surface area contributed by atoms with Gasteiger partial charge in [-0.15, -0.1) is 0 Å². The number of nitrogens with zero attached hydrogens (tertiary/aromatic N) is 1. The highest BCUT2D eigenvalue weighted by Gasteiger charge is 2.24. The van der Waals surface area contributed by atoms with Crippen LogP contribution in [0.4, 0.5) is 0 Å². The number of piperidine rings is 1. The number of likely N-dealkylation sites (tertiary alicyclic amines) is 1. The fraction of sp³-hybridized carbons (Fsp3) is 0.417. The lowest BCUT2D eigenvalue weighted by atomic mass is 10.1. The Kier molecular flexibility index (Phi) is 3.45. The van der Waals surface area contributed by atoms with Crippen molar-refractivity contribution in [3.63, 3.8) is 0 Å². The summed E-state index contributed by atoms with van der Waals surface area (Å²) in [7, 11) is 1.72. The molecule has 0 aromatic carbocycles. The summed E-state index contributed by atoms with van der Waals surface area (Å²) >= 11 is 0. The number of rotatable bonds is 2. The van der Waals surface area contributed by atoms with Crippen LogP contribution >= 0.6 is 0 Å². The number of hydrogen-bond acceptors (Lipinski definition) is 3. The predicted molar refractivity (Wildman–Crippen MR) is 65.2 cm³/mol. The zero-order valence-corrected chi connectivity index (χ0v) is 10.1. The van der Waals surface area contributed by atoms with E-state index in [9.17, 15) is 14.4 Å². The number of aromatic amines is 1. The Morgan fingerprint density at radius 3 is 2.94 bits per heavy atom. The Balaban J connectivity index is 2.00. The Morgan fingerprint density at radius 2 is 2.28 bits per heavy atom. The van der Waals surface area contributed by atoms with E-state index in [4.69, 9.17) is 0 Å². The van der Waals surface area contributed by atoms with Crippen molar-refractivity contribution >= 4 is 11.8 Å². The van der Waals surface area contributed by atoms with Gasteiger partial charge in [-0.25, -0.2) is 0 Å². The van der Waals surface area contributed by atoms with E-state index in [-0.39, 0.29) is 23.4 Å². The number of carbonyl (C=O) groups excluding carboxylic acids is 2. The molecule has 1 unspecified atom stereocenters. The summed E-state index contributed by atoms with van der Waals surface area (Å²) in [6.07, 6.45) is 2.52. The summed E-state index contributed by atoms with van der Waals surface area (Å²) in [6.45, 7) is 0.508. The molecule has 1 aromatic heterocycles. The monoisotopic (exact) mass is 249 g/mol. The Morgan fingerprint density at radius 1 is 1.50 bits per heavy atom. The van der Waals surface area contributed by atoms with Gasteiger partial charge in [0, 0.05) is 43.9 Å². The average Bonchev–Trinajstić information content (AvgIpc) is 2.34. The van der Waals surface area contributed by atoms with Crippen LogP contribution in [0.5, 0.6) is 0 Å². The van der Waals surface area contributed by atoms with Crippen LogP contribution in [0.3, 0.4) is 0 Å². The molecule has 96 valence electrons. The van der Waals surface area contributed by atoms with Gasteiger partial charge in [-0.3, -0.25) is 14.4 Å². The minimum atomic E-state index is -0.307. The second-order valence-electron chi connectivity index (χ2n) is 4.42. The van der Waals surface area contributed by atoms with Gasteiger partial charge in [-0.2, -0.15) is 0 Å². The largest absolute Gasteiger partial charge is 0.348 e. The number of H-pyrrole nitrogens is 1. The highest BCUT2D eigenvalue weighted by atomic mass is 16.2. The molecule has 0 aliphatic carbocycles. The summed E-state index contributed by atoms with van der Waals surface area (Å²) in [4.78, 5) is 38.3. The van der Waals surface area contributed by atoms with E-state index in [0.717, 1.165) is 0 Å². The summed E-state index contributed by atoms with van der Waals surface area (Å²) < 4.78 is 0. The van der Waals surface area contributed by atoms with E-state index in [1.54, 1.807) is 18.0 Å². The number of aromatic nitrogens is 1. The first-order valence-electron chi connectivity index (χ1n) is 5.80. The van der Waals surface area contributed by atoms with Crippen LogP contribution in [0.25, 0.3) is 0 Å². The van der Waals surface area contributed by atoms with Gasteiger partial charge in [0.2, 0.25) is 11.5 Å². The maximum atomic E-state index is 11.9. The summed E-state index contributed by atoms with van der Waals surface area (Å²) in [6, 6.07) is 2.75. The highest BCUT2D eigenvalue weighted by Crippen LogP contribution is 2.10. The fourth-order valence-electron chi connectivity index (χ4n) is 1.98. The van der Waals surface area contributed by atoms with Crippen LogP contribution < -0.4 is 10.9 Å². The van der Waals surface area contributed by atoms with Gasteiger partial charge in [0.05, 0.1) is 0 Å². The molecule has 1 atom stereocenters. The summed E-state index contributed by atoms with van der Waals surface area (Å²) in [5, 5.41) is 2.83. The van der Waals surface area contributed by atoms with Crippen LogP contribution in [-0.2, 0) is 4.79 Å². The molecule has 2 N–H and O–H groups in total. The number of amides is 2. The number of pyridine rings is 1. The van der Waals surface area contributed by atoms with Crippen LogP contribution in [0, 0.1) is 0 Å². The van der Waals surface area contributed by atoms with Crippen molar-refractivity contribution in [1.29, 1.82) is 0 Å². The lowest BCUT2D eigenvalue weighted by Crippen LogP contribution is -2.48. The minimum Gasteiger partial charge on any atom is -0.348 e. The summed E-state index contributed by atoms with van der Waals surface area (Å²) in [5.74, 6) is -0.189. The number of nitrogens with one attached hydrogen (secondary N) is 2. The molecule has 6 heteroatoms. The van der Waals surface area contributed by atoms with Crippen LogP contribution in [0.15, 0.2) is 23.1 Å². The van der Waals surface area contributed by atoms with Crippen molar-refractivity contribution in [2.45, 2.75) is 18.9 Å². The van der Waals surface area contributed by atoms with Crippen molar-refractivity contribution in [1.82, 2.24) is 15.2 Å². The Labute approximate surface area is 104 Å². The standard InChI is InChI=1S/C12H15N3O3/c1-15-7-9(2-3-11(15)17)14-12(18)8-4-5-13-10(16)6-8/h4-6,9H,2-3,7H2,1H3,(H,13,16)(H,14,18). The smallest absolute Gasteiger partial charge is 0.251 e. The van der Waals surface area contributed by atoms with E-state index >= 15 is 0 Å². The third-order valence-corrected chi connectivity index (χ3v) is 3.00. The Hall–Kier alpha value is -2.11. The van der Waals surface area contributed by atoms with Crippen molar-refractivity contribution in [3.05, 3.63) is 34.2 Å². The molecule has 1 fully saturated rings. The van der Waals surface area contributed by atoms with Crippen molar-refractivity contribution < 1.29 is 9.59 Å². The van der Waals surface area contributed by atoms with Crippen molar-refractivity contribution in [2.75, 3.05) is 13.6 Å². The lowest BCUT2D eigenvalue weighted by Gasteiger charge is -2.30. The zero-order chi connectivity index (χ0) is 13.1. The third kappa shape index (κ3) is 2.77. The highest BCUT2D eigenvalue weighted by molar-refractivity contribution is 5.94. The number of likely N-dealkylation sites (N-methyl/N-ethyl adjacent to an activating group) is 1. The van der Waals surface area contributed by atoms with Crippen molar-refractivity contribution in [3.8, 4) is 0 Å². The van der Waals surface area contributed by atoms with Gasteiger partial charge in [-0.05, 0) is 12.5 Å². The zero-order valence-electron chi connectivity index (χ0n) is 10.1. The number of hydrogen-bond donors (Lipinski definition) is 2. The molecule has 2 heterocycles. The van der Waals surface area contributed by atoms with Gasteiger partial charge in [0.25, 0.3) is 5.91 Å².